The van der Waals surface area contributed by atoms with Crippen LogP contribution in [0.25, 0.3) is 0 Å². The van der Waals surface area contributed by atoms with Crippen molar-refractivity contribution in [2.75, 3.05) is 7.05 Å². The van der Waals surface area contributed by atoms with Gasteiger partial charge in [-0.15, -0.1) is 24.0 Å². The largest absolute Gasteiger partial charge is 0.354 e. The third-order valence-corrected chi connectivity index (χ3v) is 4.51. The molecule has 2 N–H and O–H groups in total. The van der Waals surface area contributed by atoms with Gasteiger partial charge in [0.05, 0.1) is 6.54 Å². The summed E-state index contributed by atoms with van der Waals surface area (Å²) in [5, 5.41) is 6.86. The van der Waals surface area contributed by atoms with E-state index in [0.717, 1.165) is 18.3 Å². The third kappa shape index (κ3) is 8.77. The molecular formula is C21H34IN5. The molecule has 0 aliphatic carbocycles. The van der Waals surface area contributed by atoms with Crippen LogP contribution in [0, 0.1) is 0 Å². The van der Waals surface area contributed by atoms with E-state index in [-0.39, 0.29) is 24.0 Å². The van der Waals surface area contributed by atoms with E-state index >= 15 is 0 Å². The number of hydrogen-bond acceptors (Lipinski definition) is 2. The SMILES string of the molecule is CCCCCCC(C)NC(=NC)NCc1nccn1Cc1ccccc1.I. The van der Waals surface area contributed by atoms with Gasteiger partial charge >= 0.3 is 0 Å². The maximum Gasteiger partial charge on any atom is 0.191 e. The second-order valence-corrected chi connectivity index (χ2v) is 6.78. The van der Waals surface area contributed by atoms with E-state index < -0.39 is 0 Å². The maximum absolute atomic E-state index is 4.49. The van der Waals surface area contributed by atoms with Crippen LogP contribution in [0.2, 0.25) is 0 Å². The second-order valence-electron chi connectivity index (χ2n) is 6.78. The number of aliphatic imine (C=N–C) groups is 1. The molecule has 2 aromatic rings. The molecule has 0 amide bonds. The van der Waals surface area contributed by atoms with Gasteiger partial charge in [0.25, 0.3) is 0 Å². The van der Waals surface area contributed by atoms with Crippen LogP contribution in [0.3, 0.4) is 0 Å². The van der Waals surface area contributed by atoms with Crippen LogP contribution in [-0.4, -0.2) is 28.6 Å². The Morgan fingerprint density at radius 3 is 2.67 bits per heavy atom. The fourth-order valence-corrected chi connectivity index (χ4v) is 2.97. The minimum atomic E-state index is 0. The number of benzene rings is 1. The lowest BCUT2D eigenvalue weighted by molar-refractivity contribution is 0.536. The lowest BCUT2D eigenvalue weighted by atomic mass is 10.1. The van der Waals surface area contributed by atoms with Crippen molar-refractivity contribution in [2.45, 2.75) is 65.1 Å². The lowest BCUT2D eigenvalue weighted by Gasteiger charge is -2.18. The zero-order valence-electron chi connectivity index (χ0n) is 16.8. The van der Waals surface area contributed by atoms with E-state index in [4.69, 9.17) is 0 Å². The van der Waals surface area contributed by atoms with Crippen molar-refractivity contribution in [3.63, 3.8) is 0 Å². The normalized spacial score (nSPS) is 12.3. The molecule has 0 aliphatic heterocycles. The molecule has 150 valence electrons. The number of nitrogens with zero attached hydrogens (tertiary/aromatic N) is 3. The molecule has 1 atom stereocenters. The summed E-state index contributed by atoms with van der Waals surface area (Å²) in [6.07, 6.45) is 10.2. The van der Waals surface area contributed by atoms with Crippen molar-refractivity contribution in [3.8, 4) is 0 Å². The molecule has 1 unspecified atom stereocenters. The van der Waals surface area contributed by atoms with Crippen molar-refractivity contribution in [1.29, 1.82) is 0 Å². The fourth-order valence-electron chi connectivity index (χ4n) is 2.97. The maximum atomic E-state index is 4.49. The number of imidazole rings is 1. The van der Waals surface area contributed by atoms with Crippen molar-refractivity contribution in [3.05, 3.63) is 54.1 Å². The summed E-state index contributed by atoms with van der Waals surface area (Å²) in [5.41, 5.74) is 1.27. The summed E-state index contributed by atoms with van der Waals surface area (Å²) in [6, 6.07) is 10.9. The predicted octanol–water partition coefficient (Wildman–Crippen LogP) is 4.57. The highest BCUT2D eigenvalue weighted by Gasteiger charge is 2.08. The van der Waals surface area contributed by atoms with E-state index in [1.54, 1.807) is 0 Å². The van der Waals surface area contributed by atoms with Crippen molar-refractivity contribution >= 4 is 29.9 Å². The Labute approximate surface area is 181 Å². The molecular weight excluding hydrogens is 449 g/mol. The summed E-state index contributed by atoms with van der Waals surface area (Å²) < 4.78 is 2.17. The standard InChI is InChI=1S/C21H33N5.HI/c1-4-5-6-8-11-18(2)25-21(22-3)24-16-20-23-14-15-26(20)17-19-12-9-7-10-13-19;/h7,9-10,12-15,18H,4-6,8,11,16-17H2,1-3H3,(H2,22,24,25);1H. The Hall–Kier alpha value is -1.57. The zero-order valence-corrected chi connectivity index (χ0v) is 19.1. The van der Waals surface area contributed by atoms with Crippen LogP contribution < -0.4 is 10.6 Å². The van der Waals surface area contributed by atoms with Gasteiger partial charge in [-0.25, -0.2) is 4.98 Å². The van der Waals surface area contributed by atoms with Gasteiger partial charge < -0.3 is 15.2 Å². The first kappa shape index (κ1) is 23.5. The minimum absolute atomic E-state index is 0. The topological polar surface area (TPSA) is 54.2 Å². The van der Waals surface area contributed by atoms with Gasteiger partial charge in [0.15, 0.2) is 5.96 Å². The predicted molar refractivity (Wildman–Crippen MR) is 125 cm³/mol. The Morgan fingerprint density at radius 2 is 1.96 bits per heavy atom. The molecule has 27 heavy (non-hydrogen) atoms. The van der Waals surface area contributed by atoms with E-state index in [1.165, 1.54) is 37.7 Å². The Bertz CT molecular complexity index is 654. The number of halogens is 1. The number of rotatable bonds is 10. The molecule has 0 bridgehead atoms. The van der Waals surface area contributed by atoms with Crippen LogP contribution in [0.15, 0.2) is 47.7 Å². The van der Waals surface area contributed by atoms with Crippen LogP contribution in [0.4, 0.5) is 0 Å². The van der Waals surface area contributed by atoms with Crippen molar-refractivity contribution in [1.82, 2.24) is 20.2 Å². The zero-order chi connectivity index (χ0) is 18.6. The Morgan fingerprint density at radius 1 is 1.19 bits per heavy atom. The minimum Gasteiger partial charge on any atom is -0.354 e. The van der Waals surface area contributed by atoms with E-state index in [1.807, 2.05) is 25.5 Å². The average Bonchev–Trinajstić information content (AvgIpc) is 3.10. The molecule has 1 heterocycles. The number of aromatic nitrogens is 2. The molecule has 0 saturated carbocycles. The Balaban J connectivity index is 0.00000364. The summed E-state index contributed by atoms with van der Waals surface area (Å²) >= 11 is 0. The van der Waals surface area contributed by atoms with Crippen molar-refractivity contribution in [2.24, 2.45) is 4.99 Å². The van der Waals surface area contributed by atoms with Gasteiger partial charge in [0.2, 0.25) is 0 Å². The summed E-state index contributed by atoms with van der Waals surface area (Å²) in [5.74, 6) is 1.84. The first-order chi connectivity index (χ1) is 12.7. The molecule has 0 saturated heterocycles. The lowest BCUT2D eigenvalue weighted by Crippen LogP contribution is -2.42. The average molecular weight is 483 g/mol. The second kappa shape index (κ2) is 13.6. The first-order valence-electron chi connectivity index (χ1n) is 9.74. The monoisotopic (exact) mass is 483 g/mol. The molecule has 0 radical (unpaired) electrons. The van der Waals surface area contributed by atoms with Gasteiger partial charge in [-0.1, -0.05) is 62.9 Å². The quantitative estimate of drug-likeness (QED) is 0.225. The van der Waals surface area contributed by atoms with Crippen LogP contribution >= 0.6 is 24.0 Å². The highest BCUT2D eigenvalue weighted by atomic mass is 127. The molecule has 1 aromatic carbocycles. The summed E-state index contributed by atoms with van der Waals surface area (Å²) in [4.78, 5) is 8.83. The van der Waals surface area contributed by atoms with Gasteiger partial charge in [-0.05, 0) is 18.9 Å². The molecule has 5 nitrogen and oxygen atoms in total. The van der Waals surface area contributed by atoms with Crippen LogP contribution in [-0.2, 0) is 13.1 Å². The molecule has 6 heteroatoms. The van der Waals surface area contributed by atoms with E-state index in [9.17, 15) is 0 Å². The van der Waals surface area contributed by atoms with Gasteiger partial charge in [0, 0.05) is 32.0 Å². The number of unbranched alkanes of at least 4 members (excludes halogenated alkanes) is 3. The van der Waals surface area contributed by atoms with E-state index in [2.05, 4.69) is 63.3 Å². The molecule has 0 spiro atoms. The smallest absolute Gasteiger partial charge is 0.191 e. The molecule has 0 fully saturated rings. The van der Waals surface area contributed by atoms with Gasteiger partial charge in [-0.2, -0.15) is 0 Å². The highest BCUT2D eigenvalue weighted by molar-refractivity contribution is 14.0. The fraction of sp³-hybridized carbons (Fsp3) is 0.524. The van der Waals surface area contributed by atoms with Gasteiger partial charge in [-0.3, -0.25) is 4.99 Å². The summed E-state index contributed by atoms with van der Waals surface area (Å²) in [7, 11) is 1.82. The summed E-state index contributed by atoms with van der Waals surface area (Å²) in [6.45, 7) is 5.95. The Kier molecular flexibility index (Phi) is 11.8. The van der Waals surface area contributed by atoms with Crippen LogP contribution in [0.1, 0.15) is 57.3 Å². The number of hydrogen-bond donors (Lipinski definition) is 2. The molecule has 1 aromatic heterocycles. The van der Waals surface area contributed by atoms with E-state index in [0.29, 0.717) is 12.6 Å². The highest BCUT2D eigenvalue weighted by Crippen LogP contribution is 2.06. The van der Waals surface area contributed by atoms with Crippen molar-refractivity contribution < 1.29 is 0 Å². The first-order valence-corrected chi connectivity index (χ1v) is 9.74. The van der Waals surface area contributed by atoms with Crippen LogP contribution in [0.5, 0.6) is 0 Å². The molecule has 0 aliphatic rings. The number of nitrogens with one attached hydrogen (secondary N) is 2. The third-order valence-electron chi connectivity index (χ3n) is 4.51. The molecule has 2 rings (SSSR count). The van der Waals surface area contributed by atoms with Gasteiger partial charge in [0.1, 0.15) is 5.82 Å². The number of guanidine groups is 1.